The van der Waals surface area contributed by atoms with Gasteiger partial charge in [0.05, 0.1) is 11.7 Å². The second-order valence-corrected chi connectivity index (χ2v) is 10.5. The number of amides is 1. The fourth-order valence-electron chi connectivity index (χ4n) is 5.63. The Kier molecular flexibility index (Phi) is 7.61. The van der Waals surface area contributed by atoms with Gasteiger partial charge >= 0.3 is 0 Å². The molecule has 2 aromatic carbocycles. The number of carbonyl (C=O) groups excluding carboxylic acids is 1. The van der Waals surface area contributed by atoms with E-state index in [-0.39, 0.29) is 37.7 Å². The standard InChI is InChI=1S/C29H32F3N3O3/c30-21-3-5-26-22(16-21)23(17-33-26)20-7-11-34(12-8-20)18-27(36)29(38)9-13-35(14-10-29)28(37)6-2-19-1-4-24(31)25(32)15-19/h1-6,15-17,20,27,33,36,38H,7-14,18H2/b6-2+. The van der Waals surface area contributed by atoms with Gasteiger partial charge in [-0.3, -0.25) is 4.79 Å². The van der Waals surface area contributed by atoms with E-state index in [9.17, 15) is 28.2 Å². The molecule has 202 valence electrons. The highest BCUT2D eigenvalue weighted by molar-refractivity contribution is 5.91. The Morgan fingerprint density at radius 1 is 1.05 bits per heavy atom. The number of nitrogens with one attached hydrogen (secondary N) is 1. The van der Waals surface area contributed by atoms with Gasteiger partial charge in [-0.05, 0) is 92.2 Å². The molecule has 2 fully saturated rings. The Labute approximate surface area is 219 Å². The van der Waals surface area contributed by atoms with Crippen molar-refractivity contribution in [2.24, 2.45) is 0 Å². The lowest BCUT2D eigenvalue weighted by molar-refractivity contribution is -0.140. The minimum atomic E-state index is -1.29. The van der Waals surface area contributed by atoms with Crippen LogP contribution in [0.2, 0.25) is 0 Å². The van der Waals surface area contributed by atoms with Gasteiger partial charge in [0, 0.05) is 42.8 Å². The van der Waals surface area contributed by atoms with Gasteiger partial charge in [0.25, 0.3) is 0 Å². The summed E-state index contributed by atoms with van der Waals surface area (Å²) in [4.78, 5) is 19.5. The predicted molar refractivity (Wildman–Crippen MR) is 139 cm³/mol. The summed E-state index contributed by atoms with van der Waals surface area (Å²) in [5.41, 5.74) is 1.13. The van der Waals surface area contributed by atoms with Crippen LogP contribution in [0.4, 0.5) is 13.2 Å². The van der Waals surface area contributed by atoms with Crippen LogP contribution < -0.4 is 0 Å². The minimum Gasteiger partial charge on any atom is -0.389 e. The Morgan fingerprint density at radius 2 is 1.79 bits per heavy atom. The zero-order chi connectivity index (χ0) is 26.9. The van der Waals surface area contributed by atoms with E-state index in [1.807, 2.05) is 6.20 Å². The number of piperidine rings is 2. The van der Waals surface area contributed by atoms with E-state index < -0.39 is 23.3 Å². The zero-order valence-electron chi connectivity index (χ0n) is 21.0. The smallest absolute Gasteiger partial charge is 0.246 e. The van der Waals surface area contributed by atoms with Gasteiger partial charge < -0.3 is 25.0 Å². The van der Waals surface area contributed by atoms with E-state index in [4.69, 9.17) is 0 Å². The van der Waals surface area contributed by atoms with Crippen molar-refractivity contribution in [1.29, 1.82) is 0 Å². The summed E-state index contributed by atoms with van der Waals surface area (Å²) in [6.07, 6.45) is 5.99. The van der Waals surface area contributed by atoms with E-state index in [1.54, 1.807) is 17.0 Å². The second-order valence-electron chi connectivity index (χ2n) is 10.5. The largest absolute Gasteiger partial charge is 0.389 e. The molecule has 3 aromatic rings. The maximum Gasteiger partial charge on any atom is 0.246 e. The van der Waals surface area contributed by atoms with Crippen LogP contribution in [0.5, 0.6) is 0 Å². The number of hydrogen-bond acceptors (Lipinski definition) is 4. The Bertz CT molecular complexity index is 1330. The van der Waals surface area contributed by atoms with Crippen molar-refractivity contribution in [3.63, 3.8) is 0 Å². The number of hydrogen-bond donors (Lipinski definition) is 3. The molecule has 3 heterocycles. The summed E-state index contributed by atoms with van der Waals surface area (Å²) in [5.74, 6) is -2.16. The molecule has 0 spiro atoms. The van der Waals surface area contributed by atoms with Crippen molar-refractivity contribution in [3.05, 3.63) is 77.2 Å². The number of aromatic nitrogens is 1. The third-order valence-corrected chi connectivity index (χ3v) is 8.06. The lowest BCUT2D eigenvalue weighted by Crippen LogP contribution is -2.56. The van der Waals surface area contributed by atoms with E-state index >= 15 is 0 Å². The number of aliphatic hydroxyl groups excluding tert-OH is 1. The maximum absolute atomic E-state index is 13.8. The average molecular weight is 528 g/mol. The SMILES string of the molecule is O=C(/C=C/c1ccc(F)c(F)c1)N1CCC(O)(C(O)CN2CCC(c3c[nH]c4ccc(F)cc34)CC2)CC1. The number of aliphatic hydroxyl groups is 2. The fourth-order valence-corrected chi connectivity index (χ4v) is 5.63. The van der Waals surface area contributed by atoms with Crippen molar-refractivity contribution >= 4 is 22.9 Å². The van der Waals surface area contributed by atoms with Gasteiger partial charge in [0.2, 0.25) is 5.91 Å². The van der Waals surface area contributed by atoms with Crippen LogP contribution in [0.25, 0.3) is 17.0 Å². The first kappa shape index (κ1) is 26.5. The predicted octanol–water partition coefficient (Wildman–Crippen LogP) is 4.19. The molecule has 1 amide bonds. The van der Waals surface area contributed by atoms with E-state index in [2.05, 4.69) is 9.88 Å². The molecule has 0 saturated carbocycles. The quantitative estimate of drug-likeness (QED) is 0.420. The topological polar surface area (TPSA) is 79.8 Å². The molecule has 2 aliphatic rings. The third kappa shape index (κ3) is 5.65. The van der Waals surface area contributed by atoms with E-state index in [1.165, 1.54) is 24.3 Å². The number of aromatic amines is 1. The zero-order valence-corrected chi connectivity index (χ0v) is 21.0. The van der Waals surface area contributed by atoms with Crippen LogP contribution in [-0.2, 0) is 4.79 Å². The minimum absolute atomic E-state index is 0.246. The first-order valence-electron chi connectivity index (χ1n) is 13.0. The van der Waals surface area contributed by atoms with Gasteiger partial charge in [-0.2, -0.15) is 0 Å². The number of benzene rings is 2. The molecule has 0 aliphatic carbocycles. The van der Waals surface area contributed by atoms with Crippen molar-refractivity contribution in [2.45, 2.75) is 43.3 Å². The van der Waals surface area contributed by atoms with Gasteiger partial charge in [-0.1, -0.05) is 6.07 Å². The average Bonchev–Trinajstić information content (AvgIpc) is 3.33. The molecule has 6 nitrogen and oxygen atoms in total. The highest BCUT2D eigenvalue weighted by Crippen LogP contribution is 2.34. The lowest BCUT2D eigenvalue weighted by Gasteiger charge is -2.43. The molecular formula is C29H32F3N3O3. The Hall–Kier alpha value is -3.14. The molecule has 1 atom stereocenters. The number of H-pyrrole nitrogens is 1. The van der Waals surface area contributed by atoms with Crippen molar-refractivity contribution in [2.75, 3.05) is 32.7 Å². The molecule has 2 saturated heterocycles. The molecule has 38 heavy (non-hydrogen) atoms. The number of rotatable bonds is 6. The summed E-state index contributed by atoms with van der Waals surface area (Å²) < 4.78 is 40.2. The lowest BCUT2D eigenvalue weighted by atomic mass is 9.84. The molecule has 1 aromatic heterocycles. The van der Waals surface area contributed by atoms with Crippen LogP contribution in [0.3, 0.4) is 0 Å². The summed E-state index contributed by atoms with van der Waals surface area (Å²) in [7, 11) is 0. The molecule has 1 unspecified atom stereocenters. The number of nitrogens with zero attached hydrogens (tertiary/aromatic N) is 2. The van der Waals surface area contributed by atoms with Crippen LogP contribution in [0.1, 0.15) is 42.7 Å². The van der Waals surface area contributed by atoms with Gasteiger partial charge in [0.15, 0.2) is 11.6 Å². The third-order valence-electron chi connectivity index (χ3n) is 8.06. The van der Waals surface area contributed by atoms with Crippen LogP contribution in [0.15, 0.2) is 48.7 Å². The Balaban J connectivity index is 1.10. The molecular weight excluding hydrogens is 495 g/mol. The highest BCUT2D eigenvalue weighted by atomic mass is 19.2. The van der Waals surface area contributed by atoms with Gasteiger partial charge in [-0.25, -0.2) is 13.2 Å². The number of carbonyl (C=O) groups is 1. The summed E-state index contributed by atoms with van der Waals surface area (Å²) >= 11 is 0. The van der Waals surface area contributed by atoms with Crippen LogP contribution in [-0.4, -0.2) is 75.3 Å². The summed E-state index contributed by atoms with van der Waals surface area (Å²) in [6.45, 7) is 2.44. The molecule has 0 bridgehead atoms. The fraction of sp³-hybridized carbons (Fsp3) is 0.414. The highest BCUT2D eigenvalue weighted by Gasteiger charge is 2.40. The van der Waals surface area contributed by atoms with Crippen molar-refractivity contribution in [3.8, 4) is 0 Å². The first-order valence-corrected chi connectivity index (χ1v) is 13.0. The number of likely N-dealkylation sites (tertiary alicyclic amines) is 2. The second kappa shape index (κ2) is 10.9. The van der Waals surface area contributed by atoms with E-state index in [0.29, 0.717) is 18.0 Å². The van der Waals surface area contributed by atoms with E-state index in [0.717, 1.165) is 54.5 Å². The van der Waals surface area contributed by atoms with Crippen molar-refractivity contribution < 1.29 is 28.2 Å². The van der Waals surface area contributed by atoms with Gasteiger partial charge in [-0.15, -0.1) is 0 Å². The normalized spacial score (nSPS) is 19.9. The van der Waals surface area contributed by atoms with Crippen molar-refractivity contribution in [1.82, 2.24) is 14.8 Å². The van der Waals surface area contributed by atoms with Crippen LogP contribution in [0, 0.1) is 17.5 Å². The molecule has 5 rings (SSSR count). The summed E-state index contributed by atoms with van der Waals surface area (Å²) in [6, 6.07) is 8.19. The molecule has 0 radical (unpaired) electrons. The Morgan fingerprint density at radius 3 is 2.50 bits per heavy atom. The van der Waals surface area contributed by atoms with Crippen LogP contribution >= 0.6 is 0 Å². The van der Waals surface area contributed by atoms with Gasteiger partial charge in [0.1, 0.15) is 5.82 Å². The first-order chi connectivity index (χ1) is 18.2. The number of fused-ring (bicyclic) bond motifs is 1. The molecule has 2 aliphatic heterocycles. The number of β-amino-alcohol motifs (C(OH)–C–C–N with tert-alkyl or cyclic N) is 1. The molecule has 3 N–H and O–H groups in total. The summed E-state index contributed by atoms with van der Waals surface area (Å²) in [5, 5.41) is 23.0. The maximum atomic E-state index is 13.8. The monoisotopic (exact) mass is 527 g/mol. The number of halogens is 3. The molecule has 9 heteroatoms.